The average molecular weight is 504 g/mol. The number of nitrogens with one attached hydrogen (secondary N) is 2. The molecule has 1 unspecified atom stereocenters. The zero-order valence-electron chi connectivity index (χ0n) is 16.1. The summed E-state index contributed by atoms with van der Waals surface area (Å²) in [5, 5.41) is 17.4. The first-order valence-electron chi connectivity index (χ1n) is 9.30. The summed E-state index contributed by atoms with van der Waals surface area (Å²) < 4.78 is 0. The number of nitro benzene ring substituents is 1. The number of nitrogens with two attached hydrogens (primary N) is 1. The van der Waals surface area contributed by atoms with Crippen molar-refractivity contribution in [2.75, 3.05) is 38.0 Å². The molecule has 1 amide bonds. The van der Waals surface area contributed by atoms with E-state index in [1.54, 1.807) is 18.2 Å². The second-order valence-corrected chi connectivity index (χ2v) is 6.56. The Bertz CT molecular complexity index is 685. The van der Waals surface area contributed by atoms with Crippen molar-refractivity contribution in [3.05, 3.63) is 34.4 Å². The molecule has 4 N–H and O–H groups in total. The van der Waals surface area contributed by atoms with Gasteiger partial charge < -0.3 is 21.3 Å². The number of para-hydroxylation sites is 2. The lowest BCUT2D eigenvalue weighted by atomic mass is 9.95. The predicted molar refractivity (Wildman–Crippen MR) is 121 cm³/mol. The van der Waals surface area contributed by atoms with Crippen molar-refractivity contribution in [2.45, 2.75) is 26.2 Å². The Morgan fingerprint density at radius 2 is 2.18 bits per heavy atom. The van der Waals surface area contributed by atoms with Gasteiger partial charge >= 0.3 is 0 Å². The highest BCUT2D eigenvalue weighted by Crippen LogP contribution is 2.23. The van der Waals surface area contributed by atoms with Crippen molar-refractivity contribution in [1.82, 2.24) is 10.2 Å². The minimum Gasteiger partial charge on any atom is -0.378 e. The van der Waals surface area contributed by atoms with Gasteiger partial charge in [-0.15, -0.1) is 24.0 Å². The van der Waals surface area contributed by atoms with Crippen molar-refractivity contribution in [3.8, 4) is 0 Å². The van der Waals surface area contributed by atoms with Gasteiger partial charge in [0.15, 0.2) is 5.96 Å². The van der Waals surface area contributed by atoms with Gasteiger partial charge in [0, 0.05) is 38.7 Å². The summed E-state index contributed by atoms with van der Waals surface area (Å²) >= 11 is 0. The van der Waals surface area contributed by atoms with E-state index < -0.39 is 4.92 Å². The minimum atomic E-state index is -0.401. The van der Waals surface area contributed by atoms with E-state index in [1.807, 2.05) is 6.92 Å². The van der Waals surface area contributed by atoms with Crippen LogP contribution in [0.5, 0.6) is 0 Å². The number of benzene rings is 1. The van der Waals surface area contributed by atoms with E-state index in [4.69, 9.17) is 5.73 Å². The molecule has 1 fully saturated rings. The second-order valence-electron chi connectivity index (χ2n) is 6.56. The third-order valence-corrected chi connectivity index (χ3v) is 4.43. The van der Waals surface area contributed by atoms with Crippen LogP contribution in [0.2, 0.25) is 0 Å². The molecular weight excluding hydrogens is 475 g/mol. The largest absolute Gasteiger partial charge is 0.378 e. The normalized spacial score (nSPS) is 16.8. The van der Waals surface area contributed by atoms with Crippen LogP contribution in [0.25, 0.3) is 0 Å². The van der Waals surface area contributed by atoms with Gasteiger partial charge in [0.05, 0.1) is 11.5 Å². The summed E-state index contributed by atoms with van der Waals surface area (Å²) in [4.78, 5) is 28.6. The SMILES string of the molecule is CCNC(=NCCNc1ccccc1[N+](=O)[O-])N1CCCC(CC(N)=O)C1.I. The molecule has 0 bridgehead atoms. The van der Waals surface area contributed by atoms with E-state index in [-0.39, 0.29) is 41.5 Å². The number of carbonyl (C=O) groups excluding carboxylic acids is 1. The number of hydrogen-bond donors (Lipinski definition) is 3. The van der Waals surface area contributed by atoms with Crippen molar-refractivity contribution in [2.24, 2.45) is 16.6 Å². The van der Waals surface area contributed by atoms with Crippen molar-refractivity contribution < 1.29 is 9.72 Å². The number of nitrogens with zero attached hydrogens (tertiary/aromatic N) is 3. The molecular formula is C18H29IN6O3. The maximum absolute atomic E-state index is 11.2. The number of anilines is 1. The van der Waals surface area contributed by atoms with Crippen molar-refractivity contribution >= 4 is 47.2 Å². The molecule has 1 aromatic rings. The van der Waals surface area contributed by atoms with Gasteiger partial charge in [0.25, 0.3) is 5.69 Å². The predicted octanol–water partition coefficient (Wildman–Crippen LogP) is 2.18. The van der Waals surface area contributed by atoms with E-state index in [1.165, 1.54) is 6.07 Å². The number of halogens is 1. The van der Waals surface area contributed by atoms with Crippen LogP contribution in [-0.2, 0) is 4.79 Å². The van der Waals surface area contributed by atoms with Gasteiger partial charge in [-0.1, -0.05) is 12.1 Å². The third-order valence-electron chi connectivity index (χ3n) is 4.43. The van der Waals surface area contributed by atoms with Crippen LogP contribution in [0, 0.1) is 16.0 Å². The van der Waals surface area contributed by atoms with Gasteiger partial charge in [-0.05, 0) is 31.7 Å². The molecule has 1 aliphatic rings. The Morgan fingerprint density at radius 3 is 2.86 bits per heavy atom. The third kappa shape index (κ3) is 7.49. The number of rotatable bonds is 8. The average Bonchev–Trinajstić information content (AvgIpc) is 2.64. The lowest BCUT2D eigenvalue weighted by Gasteiger charge is -2.34. The Balaban J connectivity index is 0.00000392. The molecule has 28 heavy (non-hydrogen) atoms. The Labute approximate surface area is 182 Å². The van der Waals surface area contributed by atoms with Crippen LogP contribution in [0.15, 0.2) is 29.3 Å². The van der Waals surface area contributed by atoms with Gasteiger partial charge in [-0.2, -0.15) is 0 Å². The number of likely N-dealkylation sites (tertiary alicyclic amines) is 1. The summed E-state index contributed by atoms with van der Waals surface area (Å²) in [5.41, 5.74) is 5.87. The van der Waals surface area contributed by atoms with E-state index in [0.717, 1.165) is 38.4 Å². The molecule has 1 heterocycles. The monoisotopic (exact) mass is 504 g/mol. The van der Waals surface area contributed by atoms with Crippen LogP contribution in [0.3, 0.4) is 0 Å². The first-order chi connectivity index (χ1) is 13.0. The van der Waals surface area contributed by atoms with Crippen molar-refractivity contribution in [1.29, 1.82) is 0 Å². The van der Waals surface area contributed by atoms with Crippen molar-refractivity contribution in [3.63, 3.8) is 0 Å². The fourth-order valence-electron chi connectivity index (χ4n) is 3.27. The van der Waals surface area contributed by atoms with E-state index in [2.05, 4.69) is 20.5 Å². The lowest BCUT2D eigenvalue weighted by Crippen LogP contribution is -2.47. The van der Waals surface area contributed by atoms with E-state index in [9.17, 15) is 14.9 Å². The molecule has 10 heteroatoms. The maximum atomic E-state index is 11.2. The fourth-order valence-corrected chi connectivity index (χ4v) is 3.27. The van der Waals surface area contributed by atoms with Gasteiger partial charge in [-0.25, -0.2) is 0 Å². The molecule has 9 nitrogen and oxygen atoms in total. The lowest BCUT2D eigenvalue weighted by molar-refractivity contribution is -0.384. The molecule has 1 aliphatic heterocycles. The number of hydrogen-bond acceptors (Lipinski definition) is 5. The summed E-state index contributed by atoms with van der Waals surface area (Å²) in [7, 11) is 0. The maximum Gasteiger partial charge on any atom is 0.292 e. The molecule has 0 aliphatic carbocycles. The zero-order valence-corrected chi connectivity index (χ0v) is 18.4. The molecule has 0 aromatic heterocycles. The molecule has 1 saturated heterocycles. The van der Waals surface area contributed by atoms with Gasteiger partial charge in [0.1, 0.15) is 5.69 Å². The number of piperidine rings is 1. The molecule has 1 atom stereocenters. The smallest absolute Gasteiger partial charge is 0.292 e. The summed E-state index contributed by atoms with van der Waals surface area (Å²) in [6.07, 6.45) is 2.39. The van der Waals surface area contributed by atoms with Gasteiger partial charge in [0.2, 0.25) is 5.91 Å². The summed E-state index contributed by atoms with van der Waals surface area (Å²) in [6.45, 7) is 5.36. The molecule has 2 rings (SSSR count). The van der Waals surface area contributed by atoms with Crippen LogP contribution in [0.4, 0.5) is 11.4 Å². The number of guanidine groups is 1. The highest BCUT2D eigenvalue weighted by molar-refractivity contribution is 14.0. The summed E-state index contributed by atoms with van der Waals surface area (Å²) in [6, 6.07) is 6.56. The molecule has 0 radical (unpaired) electrons. The first-order valence-corrected chi connectivity index (χ1v) is 9.30. The Morgan fingerprint density at radius 1 is 1.43 bits per heavy atom. The standard InChI is InChI=1S/C18H28N6O3.HI/c1-2-20-18(23-11-5-6-14(13-23)12-17(19)25)22-10-9-21-15-7-3-4-8-16(15)24(26)27;/h3-4,7-8,14,21H,2,5-6,9-13H2,1H3,(H2,19,25)(H,20,22);1H. The van der Waals surface area contributed by atoms with Gasteiger partial charge in [-0.3, -0.25) is 19.9 Å². The number of carbonyl (C=O) groups is 1. The highest BCUT2D eigenvalue weighted by atomic mass is 127. The number of primary amides is 1. The molecule has 0 spiro atoms. The molecule has 0 saturated carbocycles. The van der Waals surface area contributed by atoms with Crippen LogP contribution >= 0.6 is 24.0 Å². The topological polar surface area (TPSA) is 126 Å². The van der Waals surface area contributed by atoms with E-state index in [0.29, 0.717) is 25.2 Å². The second kappa shape index (κ2) is 12.4. The Kier molecular flexibility index (Phi) is 10.6. The summed E-state index contributed by atoms with van der Waals surface area (Å²) in [5.74, 6) is 0.790. The molecule has 156 valence electrons. The number of nitro groups is 1. The number of aliphatic imine (C=N–C) groups is 1. The van der Waals surface area contributed by atoms with Crippen LogP contribution < -0.4 is 16.4 Å². The van der Waals surface area contributed by atoms with Crippen LogP contribution in [-0.4, -0.2) is 54.4 Å². The number of amides is 1. The fraction of sp³-hybridized carbons (Fsp3) is 0.556. The molecule has 1 aromatic carbocycles. The quantitative estimate of drug-likeness (QED) is 0.124. The first kappa shape index (κ1) is 23.9. The highest BCUT2D eigenvalue weighted by Gasteiger charge is 2.23. The van der Waals surface area contributed by atoms with Crippen LogP contribution in [0.1, 0.15) is 26.2 Å². The minimum absolute atomic E-state index is 0. The Hall–Kier alpha value is -2.11. The zero-order chi connectivity index (χ0) is 19.6. The van der Waals surface area contributed by atoms with E-state index >= 15 is 0 Å².